The van der Waals surface area contributed by atoms with Crippen molar-refractivity contribution in [3.8, 4) is 0 Å². The Morgan fingerprint density at radius 1 is 1.35 bits per heavy atom. The Kier molecular flexibility index (Phi) is 3.80. The molecular formula is C13H12FN3O2S. The van der Waals surface area contributed by atoms with Crippen LogP contribution in [0.3, 0.4) is 0 Å². The predicted octanol–water partition coefficient (Wildman–Crippen LogP) is 0.369. The van der Waals surface area contributed by atoms with Gasteiger partial charge in [-0.2, -0.15) is 0 Å². The summed E-state index contributed by atoms with van der Waals surface area (Å²) < 4.78 is 15.5. The lowest BCUT2D eigenvalue weighted by Gasteiger charge is -2.10. The van der Waals surface area contributed by atoms with Gasteiger partial charge >= 0.3 is 5.69 Å². The fraction of sp³-hybridized carbons (Fsp3) is 0.154. The molecule has 0 saturated heterocycles. The third-order valence-electron chi connectivity index (χ3n) is 2.91. The molecule has 5 nitrogen and oxygen atoms in total. The number of aromatic nitrogens is 2. The predicted molar refractivity (Wildman–Crippen MR) is 77.3 cm³/mol. The van der Waals surface area contributed by atoms with Crippen LogP contribution < -0.4 is 17.0 Å². The fourth-order valence-corrected chi connectivity index (χ4v) is 2.04. The summed E-state index contributed by atoms with van der Waals surface area (Å²) in [4.78, 5) is 23.7. The number of nitrogens with two attached hydrogens (primary N) is 1. The molecule has 0 aliphatic carbocycles. The van der Waals surface area contributed by atoms with E-state index >= 15 is 0 Å². The minimum absolute atomic E-state index is 0.0142. The monoisotopic (exact) mass is 293 g/mol. The van der Waals surface area contributed by atoms with Gasteiger partial charge in [0.15, 0.2) is 0 Å². The first-order valence-electron chi connectivity index (χ1n) is 5.75. The van der Waals surface area contributed by atoms with Crippen LogP contribution in [0.1, 0.15) is 11.1 Å². The summed E-state index contributed by atoms with van der Waals surface area (Å²) in [6.45, 7) is -0.0146. The smallest absolute Gasteiger partial charge is 0.331 e. The largest absolute Gasteiger partial charge is 0.389 e. The van der Waals surface area contributed by atoms with E-state index < -0.39 is 17.1 Å². The zero-order chi connectivity index (χ0) is 14.9. The van der Waals surface area contributed by atoms with Gasteiger partial charge in [0.05, 0.1) is 6.54 Å². The van der Waals surface area contributed by atoms with Gasteiger partial charge in [-0.15, -0.1) is 0 Å². The van der Waals surface area contributed by atoms with Crippen LogP contribution in [0.15, 0.2) is 40.1 Å². The number of hydrogen-bond donors (Lipinski definition) is 1. The Labute approximate surface area is 119 Å². The lowest BCUT2D eigenvalue weighted by molar-refractivity contribution is 0.620. The van der Waals surface area contributed by atoms with Gasteiger partial charge in [0.1, 0.15) is 10.8 Å². The zero-order valence-corrected chi connectivity index (χ0v) is 11.5. The van der Waals surface area contributed by atoms with Crippen molar-refractivity contribution in [2.24, 2.45) is 12.8 Å². The van der Waals surface area contributed by atoms with Gasteiger partial charge < -0.3 is 10.3 Å². The van der Waals surface area contributed by atoms with Gasteiger partial charge in [-0.05, 0) is 17.7 Å². The molecule has 0 bridgehead atoms. The SMILES string of the molecule is Cn1ccc(=O)n(Cc2ccc(F)cc2C(N)=S)c1=O. The molecule has 0 radical (unpaired) electrons. The molecule has 2 aromatic rings. The van der Waals surface area contributed by atoms with Crippen molar-refractivity contribution in [2.75, 3.05) is 0 Å². The Balaban J connectivity index is 2.57. The van der Waals surface area contributed by atoms with E-state index in [-0.39, 0.29) is 11.5 Å². The van der Waals surface area contributed by atoms with Crippen LogP contribution in [0.4, 0.5) is 4.39 Å². The quantitative estimate of drug-likeness (QED) is 0.830. The highest BCUT2D eigenvalue weighted by molar-refractivity contribution is 7.80. The summed E-state index contributed by atoms with van der Waals surface area (Å²) in [6, 6.07) is 5.17. The standard InChI is InChI=1S/C13H12FN3O2S/c1-16-5-4-11(18)17(13(16)19)7-8-2-3-9(14)6-10(8)12(15)20/h2-6H,7H2,1H3,(H2,15,20). The molecule has 1 aromatic carbocycles. The van der Waals surface area contributed by atoms with Crippen LogP contribution in [0, 0.1) is 5.82 Å². The van der Waals surface area contributed by atoms with E-state index in [1.807, 2.05) is 0 Å². The molecule has 7 heteroatoms. The molecule has 0 aliphatic heterocycles. The van der Waals surface area contributed by atoms with Crippen LogP contribution in [0.25, 0.3) is 0 Å². The highest BCUT2D eigenvalue weighted by Crippen LogP contribution is 2.12. The zero-order valence-electron chi connectivity index (χ0n) is 10.7. The van der Waals surface area contributed by atoms with E-state index in [1.165, 1.54) is 42.1 Å². The van der Waals surface area contributed by atoms with Crippen LogP contribution in [-0.4, -0.2) is 14.1 Å². The number of aryl methyl sites for hydroxylation is 1. The molecule has 1 heterocycles. The van der Waals surface area contributed by atoms with Gasteiger partial charge in [-0.25, -0.2) is 9.18 Å². The number of nitrogens with zero attached hydrogens (tertiary/aromatic N) is 2. The summed E-state index contributed by atoms with van der Waals surface area (Å²) in [5.74, 6) is -0.482. The molecule has 0 fully saturated rings. The van der Waals surface area contributed by atoms with Crippen LogP contribution >= 0.6 is 12.2 Å². The summed E-state index contributed by atoms with van der Waals surface area (Å²) >= 11 is 4.86. The fourth-order valence-electron chi connectivity index (χ4n) is 1.85. The molecule has 2 rings (SSSR count). The van der Waals surface area contributed by atoms with Crippen LogP contribution in [0.5, 0.6) is 0 Å². The lowest BCUT2D eigenvalue weighted by Crippen LogP contribution is -2.38. The lowest BCUT2D eigenvalue weighted by atomic mass is 10.1. The first-order chi connectivity index (χ1) is 9.40. The van der Waals surface area contributed by atoms with E-state index in [4.69, 9.17) is 18.0 Å². The maximum Gasteiger partial charge on any atom is 0.331 e. The molecule has 20 heavy (non-hydrogen) atoms. The number of halogens is 1. The Morgan fingerprint density at radius 2 is 2.05 bits per heavy atom. The average Bonchev–Trinajstić information content (AvgIpc) is 2.40. The summed E-state index contributed by atoms with van der Waals surface area (Å²) in [7, 11) is 1.54. The van der Waals surface area contributed by atoms with Gasteiger partial charge in [-0.1, -0.05) is 18.3 Å². The van der Waals surface area contributed by atoms with Crippen molar-refractivity contribution < 1.29 is 4.39 Å². The van der Waals surface area contributed by atoms with Crippen molar-refractivity contribution in [2.45, 2.75) is 6.54 Å². The molecule has 0 spiro atoms. The highest BCUT2D eigenvalue weighted by Gasteiger charge is 2.10. The summed E-state index contributed by atoms with van der Waals surface area (Å²) in [5, 5.41) is 0. The second-order valence-electron chi connectivity index (χ2n) is 4.30. The molecular weight excluding hydrogens is 281 g/mol. The van der Waals surface area contributed by atoms with Crippen molar-refractivity contribution in [1.29, 1.82) is 0 Å². The molecule has 0 unspecified atom stereocenters. The molecule has 0 atom stereocenters. The van der Waals surface area contributed by atoms with Gasteiger partial charge in [0.25, 0.3) is 5.56 Å². The second-order valence-corrected chi connectivity index (χ2v) is 4.74. The van der Waals surface area contributed by atoms with Crippen LogP contribution in [-0.2, 0) is 13.6 Å². The van der Waals surface area contributed by atoms with Crippen molar-refractivity contribution >= 4 is 17.2 Å². The molecule has 0 amide bonds. The maximum absolute atomic E-state index is 13.2. The van der Waals surface area contributed by atoms with E-state index in [0.717, 1.165) is 4.57 Å². The normalized spacial score (nSPS) is 10.5. The Hall–Kier alpha value is -2.28. The molecule has 1 aromatic heterocycles. The van der Waals surface area contributed by atoms with Gasteiger partial charge in [0.2, 0.25) is 0 Å². The van der Waals surface area contributed by atoms with Gasteiger partial charge in [0, 0.05) is 24.9 Å². The van der Waals surface area contributed by atoms with E-state index in [9.17, 15) is 14.0 Å². The minimum Gasteiger partial charge on any atom is -0.389 e. The summed E-state index contributed by atoms with van der Waals surface area (Å²) in [5.41, 5.74) is 5.47. The Bertz CT molecular complexity index is 795. The van der Waals surface area contributed by atoms with Crippen molar-refractivity contribution in [1.82, 2.24) is 9.13 Å². The van der Waals surface area contributed by atoms with Crippen molar-refractivity contribution in [3.63, 3.8) is 0 Å². The second kappa shape index (κ2) is 5.38. The minimum atomic E-state index is -0.482. The van der Waals surface area contributed by atoms with E-state index in [1.54, 1.807) is 0 Å². The van der Waals surface area contributed by atoms with E-state index in [0.29, 0.717) is 11.1 Å². The third-order valence-corrected chi connectivity index (χ3v) is 3.13. The number of rotatable bonds is 3. The topological polar surface area (TPSA) is 70.0 Å². The van der Waals surface area contributed by atoms with Crippen molar-refractivity contribution in [3.05, 3.63) is 68.2 Å². The maximum atomic E-state index is 13.2. The highest BCUT2D eigenvalue weighted by atomic mass is 32.1. The number of thiocarbonyl (C=S) groups is 1. The molecule has 0 aliphatic rings. The summed E-state index contributed by atoms with van der Waals surface area (Å²) in [6.07, 6.45) is 1.39. The molecule has 104 valence electrons. The average molecular weight is 293 g/mol. The molecule has 0 saturated carbocycles. The third kappa shape index (κ3) is 2.67. The Morgan fingerprint density at radius 3 is 2.70 bits per heavy atom. The number of benzene rings is 1. The number of hydrogen-bond acceptors (Lipinski definition) is 3. The van der Waals surface area contributed by atoms with E-state index in [2.05, 4.69) is 0 Å². The van der Waals surface area contributed by atoms with Gasteiger partial charge in [-0.3, -0.25) is 9.36 Å². The first kappa shape index (κ1) is 14.1. The first-order valence-corrected chi connectivity index (χ1v) is 6.15. The molecule has 2 N–H and O–H groups in total. The van der Waals surface area contributed by atoms with Crippen LogP contribution in [0.2, 0.25) is 0 Å².